The van der Waals surface area contributed by atoms with E-state index in [0.29, 0.717) is 36.1 Å². The first-order valence-electron chi connectivity index (χ1n) is 7.53. The lowest BCUT2D eigenvalue weighted by Gasteiger charge is -2.14. The lowest BCUT2D eigenvalue weighted by molar-refractivity contribution is 0.0950. The topological polar surface area (TPSA) is 96.7 Å². The van der Waals surface area contributed by atoms with Crippen LogP contribution in [0.25, 0.3) is 11.7 Å². The van der Waals surface area contributed by atoms with Gasteiger partial charge in [-0.3, -0.25) is 4.79 Å². The van der Waals surface area contributed by atoms with E-state index in [9.17, 15) is 9.18 Å². The second kappa shape index (κ2) is 5.55. The number of fused-ring (bicyclic) bond motifs is 1. The number of H-pyrrole nitrogens is 1. The SMILES string of the molecule is Cc1nnc(-c2nc3c([nH]2)C[C@H](c2ccc(F)cc2)CNC3=O)o1. The molecule has 1 aliphatic heterocycles. The van der Waals surface area contributed by atoms with E-state index >= 15 is 0 Å². The van der Waals surface area contributed by atoms with E-state index in [-0.39, 0.29) is 23.5 Å². The van der Waals surface area contributed by atoms with Gasteiger partial charge >= 0.3 is 0 Å². The van der Waals surface area contributed by atoms with Crippen LogP contribution in [0, 0.1) is 12.7 Å². The largest absolute Gasteiger partial charge is 0.419 e. The number of aromatic amines is 1. The van der Waals surface area contributed by atoms with Crippen molar-refractivity contribution in [3.05, 3.63) is 52.9 Å². The Bertz CT molecular complexity index is 900. The number of hydrogen-bond donors (Lipinski definition) is 2. The van der Waals surface area contributed by atoms with E-state index in [0.717, 1.165) is 5.56 Å². The van der Waals surface area contributed by atoms with E-state index in [1.165, 1.54) is 12.1 Å². The summed E-state index contributed by atoms with van der Waals surface area (Å²) in [6.07, 6.45) is 0.569. The van der Waals surface area contributed by atoms with Crippen LogP contribution >= 0.6 is 0 Å². The standard InChI is InChI=1S/C16H14FN5O2/c1-8-21-22-16(24-8)14-19-12-6-10(7-18-15(23)13(12)20-14)9-2-4-11(17)5-3-9/h2-5,10H,6-7H2,1H3,(H,18,23)(H,19,20)/t10-/m0/s1. The highest BCUT2D eigenvalue weighted by molar-refractivity contribution is 5.94. The molecule has 1 amide bonds. The molecule has 2 N–H and O–H groups in total. The van der Waals surface area contributed by atoms with Gasteiger partial charge in [-0.15, -0.1) is 10.2 Å². The van der Waals surface area contributed by atoms with Gasteiger partial charge in [-0.1, -0.05) is 12.1 Å². The van der Waals surface area contributed by atoms with Crippen LogP contribution in [0.3, 0.4) is 0 Å². The number of carbonyl (C=O) groups excluding carboxylic acids is 1. The number of aryl methyl sites for hydroxylation is 1. The van der Waals surface area contributed by atoms with Crippen molar-refractivity contribution in [3.63, 3.8) is 0 Å². The van der Waals surface area contributed by atoms with Crippen LogP contribution in [0.4, 0.5) is 4.39 Å². The third kappa shape index (κ3) is 2.55. The Labute approximate surface area is 136 Å². The van der Waals surface area contributed by atoms with E-state index in [1.807, 2.05) is 0 Å². The van der Waals surface area contributed by atoms with Crippen LogP contribution in [0.15, 0.2) is 28.7 Å². The van der Waals surface area contributed by atoms with Crippen LogP contribution in [-0.4, -0.2) is 32.6 Å². The Kier molecular flexibility index (Phi) is 3.37. The summed E-state index contributed by atoms with van der Waals surface area (Å²) in [5.41, 5.74) is 1.98. The molecule has 0 aliphatic carbocycles. The molecule has 1 atom stereocenters. The maximum absolute atomic E-state index is 13.1. The maximum atomic E-state index is 13.1. The highest BCUT2D eigenvalue weighted by Gasteiger charge is 2.27. The number of halogens is 1. The predicted octanol–water partition coefficient (Wildman–Crippen LogP) is 1.98. The van der Waals surface area contributed by atoms with Gasteiger partial charge in [0, 0.05) is 25.1 Å². The lowest BCUT2D eigenvalue weighted by atomic mass is 9.94. The number of rotatable bonds is 2. The minimum absolute atomic E-state index is 0.0218. The number of hydrogen-bond acceptors (Lipinski definition) is 5. The summed E-state index contributed by atoms with van der Waals surface area (Å²) in [5, 5.41) is 10.5. The molecule has 0 fully saturated rings. The van der Waals surface area contributed by atoms with Crippen molar-refractivity contribution in [1.82, 2.24) is 25.5 Å². The number of amides is 1. The summed E-state index contributed by atoms with van der Waals surface area (Å²) in [7, 11) is 0. The van der Waals surface area contributed by atoms with E-state index in [4.69, 9.17) is 4.42 Å². The van der Waals surface area contributed by atoms with Gasteiger partial charge in [0.05, 0.1) is 0 Å². The zero-order chi connectivity index (χ0) is 16.7. The summed E-state index contributed by atoms with van der Waals surface area (Å²) in [4.78, 5) is 19.7. The number of benzene rings is 1. The first kappa shape index (κ1) is 14.6. The molecule has 4 rings (SSSR count). The molecule has 0 bridgehead atoms. The zero-order valence-corrected chi connectivity index (χ0v) is 12.8. The Morgan fingerprint density at radius 2 is 2.04 bits per heavy atom. The Morgan fingerprint density at radius 1 is 1.25 bits per heavy atom. The van der Waals surface area contributed by atoms with Crippen molar-refractivity contribution < 1.29 is 13.6 Å². The Hall–Kier alpha value is -3.03. The molecule has 122 valence electrons. The van der Waals surface area contributed by atoms with Crippen LogP contribution < -0.4 is 5.32 Å². The van der Waals surface area contributed by atoms with E-state index < -0.39 is 0 Å². The molecule has 0 saturated heterocycles. The van der Waals surface area contributed by atoms with Gasteiger partial charge in [0.25, 0.3) is 11.8 Å². The molecule has 0 spiro atoms. The fourth-order valence-electron chi connectivity index (χ4n) is 2.83. The number of imidazole rings is 1. The lowest BCUT2D eigenvalue weighted by Crippen LogP contribution is -2.26. The van der Waals surface area contributed by atoms with Gasteiger partial charge < -0.3 is 14.7 Å². The molecule has 24 heavy (non-hydrogen) atoms. The summed E-state index contributed by atoms with van der Waals surface area (Å²) in [6.45, 7) is 2.14. The molecule has 0 saturated carbocycles. The van der Waals surface area contributed by atoms with Gasteiger partial charge in [-0.2, -0.15) is 0 Å². The van der Waals surface area contributed by atoms with Crippen molar-refractivity contribution in [1.29, 1.82) is 0 Å². The molecular weight excluding hydrogens is 313 g/mol. The summed E-state index contributed by atoms with van der Waals surface area (Å²) < 4.78 is 18.5. The highest BCUT2D eigenvalue weighted by atomic mass is 19.1. The van der Waals surface area contributed by atoms with Crippen LogP contribution in [0.1, 0.15) is 33.6 Å². The first-order chi connectivity index (χ1) is 11.6. The molecule has 2 aromatic heterocycles. The molecule has 3 aromatic rings. The number of nitrogens with one attached hydrogen (secondary N) is 2. The van der Waals surface area contributed by atoms with Crippen LogP contribution in [-0.2, 0) is 6.42 Å². The second-order valence-electron chi connectivity index (χ2n) is 5.70. The second-order valence-corrected chi connectivity index (χ2v) is 5.70. The Morgan fingerprint density at radius 3 is 2.75 bits per heavy atom. The molecule has 7 nitrogen and oxygen atoms in total. The summed E-state index contributed by atoms with van der Waals surface area (Å²) in [6, 6.07) is 6.30. The van der Waals surface area contributed by atoms with Crippen molar-refractivity contribution in [3.8, 4) is 11.7 Å². The minimum Gasteiger partial charge on any atom is -0.419 e. The molecule has 0 radical (unpaired) electrons. The van der Waals surface area contributed by atoms with Gasteiger partial charge in [-0.05, 0) is 24.1 Å². The average molecular weight is 327 g/mol. The highest BCUT2D eigenvalue weighted by Crippen LogP contribution is 2.26. The Balaban J connectivity index is 1.69. The minimum atomic E-state index is -0.285. The number of aromatic nitrogens is 4. The summed E-state index contributed by atoms with van der Waals surface area (Å²) >= 11 is 0. The number of nitrogens with zero attached hydrogens (tertiary/aromatic N) is 3. The normalized spacial score (nSPS) is 17.2. The van der Waals surface area contributed by atoms with Gasteiger partial charge in [-0.25, -0.2) is 9.37 Å². The quantitative estimate of drug-likeness (QED) is 0.750. The average Bonchev–Trinajstić information content (AvgIpc) is 3.15. The van der Waals surface area contributed by atoms with E-state index in [2.05, 4.69) is 25.5 Å². The fourth-order valence-corrected chi connectivity index (χ4v) is 2.83. The molecule has 0 unspecified atom stereocenters. The monoisotopic (exact) mass is 327 g/mol. The maximum Gasteiger partial charge on any atom is 0.283 e. The summed E-state index contributed by atoms with van der Waals surface area (Å²) in [5.74, 6) is 0.516. The van der Waals surface area contributed by atoms with Gasteiger partial charge in [0.15, 0.2) is 5.82 Å². The fraction of sp³-hybridized carbons (Fsp3) is 0.250. The first-order valence-corrected chi connectivity index (χ1v) is 7.53. The zero-order valence-electron chi connectivity index (χ0n) is 12.8. The van der Waals surface area contributed by atoms with Crippen LogP contribution in [0.2, 0.25) is 0 Å². The molecule has 1 aromatic carbocycles. The third-order valence-corrected chi connectivity index (χ3v) is 4.02. The van der Waals surface area contributed by atoms with Gasteiger partial charge in [0.1, 0.15) is 11.5 Å². The third-order valence-electron chi connectivity index (χ3n) is 4.02. The van der Waals surface area contributed by atoms with Crippen molar-refractivity contribution in [2.45, 2.75) is 19.3 Å². The number of carbonyl (C=O) groups is 1. The molecule has 3 heterocycles. The van der Waals surface area contributed by atoms with Crippen molar-refractivity contribution in [2.24, 2.45) is 0 Å². The molecule has 1 aliphatic rings. The molecule has 8 heteroatoms. The predicted molar refractivity (Wildman–Crippen MR) is 81.8 cm³/mol. The van der Waals surface area contributed by atoms with Crippen LogP contribution in [0.5, 0.6) is 0 Å². The van der Waals surface area contributed by atoms with Crippen molar-refractivity contribution >= 4 is 5.91 Å². The molecular formula is C16H14FN5O2. The van der Waals surface area contributed by atoms with Gasteiger partial charge in [0.2, 0.25) is 5.89 Å². The smallest absolute Gasteiger partial charge is 0.283 e. The van der Waals surface area contributed by atoms with E-state index in [1.54, 1.807) is 19.1 Å². The van der Waals surface area contributed by atoms with Crippen molar-refractivity contribution in [2.75, 3.05) is 6.54 Å².